The van der Waals surface area contributed by atoms with Gasteiger partial charge in [-0.05, 0) is 17.7 Å². The molecule has 6 nitrogen and oxygen atoms in total. The first kappa shape index (κ1) is 14.5. The molecule has 2 N–H and O–H groups in total. The Balaban J connectivity index is 2.12. The highest BCUT2D eigenvalue weighted by Crippen LogP contribution is 2.14. The minimum Gasteiger partial charge on any atom is -0.478 e. The lowest BCUT2D eigenvalue weighted by Gasteiger charge is -2.34. The maximum Gasteiger partial charge on any atom is 0.335 e. The number of morpholine rings is 1. The van der Waals surface area contributed by atoms with Gasteiger partial charge >= 0.3 is 5.97 Å². The molecule has 0 aliphatic carbocycles. The Morgan fingerprint density at radius 2 is 2.30 bits per heavy atom. The number of ether oxygens (including phenoxy) is 1. The van der Waals surface area contributed by atoms with Gasteiger partial charge in [-0.25, -0.2) is 4.79 Å². The number of benzene rings is 1. The number of nitrogens with one attached hydrogen (secondary N) is 1. The van der Waals surface area contributed by atoms with Gasteiger partial charge in [-0.15, -0.1) is 0 Å². The lowest BCUT2D eigenvalue weighted by Crippen LogP contribution is -2.52. The molecule has 1 amide bonds. The molecule has 0 saturated carbocycles. The van der Waals surface area contributed by atoms with Crippen molar-refractivity contribution >= 4 is 11.9 Å². The van der Waals surface area contributed by atoms with Crippen molar-refractivity contribution in [3.05, 3.63) is 35.4 Å². The standard InChI is InChI=1S/C14H18N2O4/c1-15-13(17)12-9-20-6-5-16(12)8-10-3-2-4-11(7-10)14(18)19/h2-4,7,12H,5-6,8-9H2,1H3,(H,15,17)(H,18,19). The molecule has 2 rings (SSSR count). The van der Waals surface area contributed by atoms with Crippen LogP contribution in [0.2, 0.25) is 0 Å². The maximum absolute atomic E-state index is 11.8. The molecule has 1 aliphatic heterocycles. The summed E-state index contributed by atoms with van der Waals surface area (Å²) < 4.78 is 5.34. The van der Waals surface area contributed by atoms with Gasteiger partial charge in [0.25, 0.3) is 0 Å². The van der Waals surface area contributed by atoms with Crippen LogP contribution in [0.5, 0.6) is 0 Å². The summed E-state index contributed by atoms with van der Waals surface area (Å²) in [4.78, 5) is 24.8. The van der Waals surface area contributed by atoms with Gasteiger partial charge < -0.3 is 15.2 Å². The van der Waals surface area contributed by atoms with Crippen LogP contribution in [0, 0.1) is 0 Å². The second-order valence-corrected chi connectivity index (χ2v) is 4.68. The van der Waals surface area contributed by atoms with Crippen LogP contribution in [-0.2, 0) is 16.1 Å². The van der Waals surface area contributed by atoms with Crippen molar-refractivity contribution in [1.29, 1.82) is 0 Å². The fraction of sp³-hybridized carbons (Fsp3) is 0.429. The summed E-state index contributed by atoms with van der Waals surface area (Å²) in [5.41, 5.74) is 1.13. The van der Waals surface area contributed by atoms with E-state index in [-0.39, 0.29) is 17.5 Å². The Kier molecular flexibility index (Phi) is 4.70. The van der Waals surface area contributed by atoms with Gasteiger partial charge in [0.15, 0.2) is 0 Å². The van der Waals surface area contributed by atoms with E-state index < -0.39 is 5.97 Å². The molecule has 1 unspecified atom stereocenters. The number of hydrogen-bond donors (Lipinski definition) is 2. The molecule has 0 radical (unpaired) electrons. The zero-order valence-corrected chi connectivity index (χ0v) is 11.3. The smallest absolute Gasteiger partial charge is 0.335 e. The lowest BCUT2D eigenvalue weighted by molar-refractivity contribution is -0.132. The number of carboxylic acids is 1. The second kappa shape index (κ2) is 6.49. The van der Waals surface area contributed by atoms with Crippen LogP contribution in [0.15, 0.2) is 24.3 Å². The number of likely N-dealkylation sites (N-methyl/N-ethyl adjacent to an activating group) is 1. The third kappa shape index (κ3) is 3.34. The molecule has 1 fully saturated rings. The quantitative estimate of drug-likeness (QED) is 0.830. The lowest BCUT2D eigenvalue weighted by atomic mass is 10.1. The number of carbonyl (C=O) groups is 2. The first-order valence-electron chi connectivity index (χ1n) is 6.47. The summed E-state index contributed by atoms with van der Waals surface area (Å²) in [5.74, 6) is -1.03. The molecule has 1 aromatic carbocycles. The van der Waals surface area contributed by atoms with Crippen molar-refractivity contribution in [2.24, 2.45) is 0 Å². The van der Waals surface area contributed by atoms with E-state index in [9.17, 15) is 9.59 Å². The van der Waals surface area contributed by atoms with Gasteiger partial charge in [0, 0.05) is 20.1 Å². The van der Waals surface area contributed by atoms with Crippen LogP contribution in [0.1, 0.15) is 15.9 Å². The third-order valence-electron chi connectivity index (χ3n) is 3.35. The molecule has 6 heteroatoms. The predicted octanol–water partition coefficient (Wildman–Crippen LogP) is 0.332. The van der Waals surface area contributed by atoms with Gasteiger partial charge in [-0.3, -0.25) is 9.69 Å². The minimum atomic E-state index is -0.948. The number of hydrogen-bond acceptors (Lipinski definition) is 4. The van der Waals surface area contributed by atoms with Gasteiger partial charge in [-0.2, -0.15) is 0 Å². The van der Waals surface area contributed by atoms with Crippen molar-refractivity contribution in [3.8, 4) is 0 Å². The Labute approximate surface area is 117 Å². The number of amides is 1. The molecular weight excluding hydrogens is 260 g/mol. The first-order valence-corrected chi connectivity index (χ1v) is 6.47. The number of carboxylic acid groups (broad SMARTS) is 1. The highest BCUT2D eigenvalue weighted by Gasteiger charge is 2.28. The fourth-order valence-electron chi connectivity index (χ4n) is 2.27. The van der Waals surface area contributed by atoms with Crippen LogP contribution >= 0.6 is 0 Å². The largest absolute Gasteiger partial charge is 0.478 e. The highest BCUT2D eigenvalue weighted by atomic mass is 16.5. The molecule has 108 valence electrons. The van der Waals surface area contributed by atoms with E-state index in [1.807, 2.05) is 11.0 Å². The first-order chi connectivity index (χ1) is 9.61. The van der Waals surface area contributed by atoms with Crippen molar-refractivity contribution in [3.63, 3.8) is 0 Å². The Bertz CT molecular complexity index is 504. The zero-order chi connectivity index (χ0) is 14.5. The van der Waals surface area contributed by atoms with E-state index >= 15 is 0 Å². The average Bonchev–Trinajstić information content (AvgIpc) is 2.47. The van der Waals surface area contributed by atoms with E-state index in [2.05, 4.69) is 5.32 Å². The van der Waals surface area contributed by atoms with Crippen molar-refractivity contribution in [1.82, 2.24) is 10.2 Å². The summed E-state index contributed by atoms with van der Waals surface area (Å²) in [5, 5.41) is 11.6. The molecule has 1 atom stereocenters. The summed E-state index contributed by atoms with van der Waals surface area (Å²) in [6.07, 6.45) is 0. The van der Waals surface area contributed by atoms with Gasteiger partial charge in [0.05, 0.1) is 18.8 Å². The van der Waals surface area contributed by atoms with Crippen LogP contribution in [0.4, 0.5) is 0 Å². The number of aromatic carboxylic acids is 1. The molecule has 1 aliphatic rings. The van der Waals surface area contributed by atoms with Gasteiger partial charge in [-0.1, -0.05) is 12.1 Å². The van der Waals surface area contributed by atoms with Crippen molar-refractivity contribution in [2.45, 2.75) is 12.6 Å². The Hall–Kier alpha value is -1.92. The topological polar surface area (TPSA) is 78.9 Å². The summed E-state index contributed by atoms with van der Waals surface area (Å²) in [7, 11) is 1.60. The summed E-state index contributed by atoms with van der Waals surface area (Å²) in [6.45, 7) is 2.11. The Morgan fingerprint density at radius 3 is 3.00 bits per heavy atom. The van der Waals surface area contributed by atoms with Crippen LogP contribution < -0.4 is 5.32 Å². The van der Waals surface area contributed by atoms with Crippen molar-refractivity contribution < 1.29 is 19.4 Å². The van der Waals surface area contributed by atoms with Crippen LogP contribution in [-0.4, -0.2) is 54.7 Å². The third-order valence-corrected chi connectivity index (χ3v) is 3.35. The molecule has 0 aromatic heterocycles. The molecule has 20 heavy (non-hydrogen) atoms. The Morgan fingerprint density at radius 1 is 1.50 bits per heavy atom. The summed E-state index contributed by atoms with van der Waals surface area (Å²) >= 11 is 0. The number of carbonyl (C=O) groups excluding carboxylic acids is 1. The number of rotatable bonds is 4. The SMILES string of the molecule is CNC(=O)C1COCCN1Cc1cccc(C(=O)O)c1. The maximum atomic E-state index is 11.8. The van der Waals surface area contributed by atoms with Gasteiger partial charge in [0.1, 0.15) is 6.04 Å². The van der Waals surface area contributed by atoms with Crippen LogP contribution in [0.3, 0.4) is 0 Å². The molecule has 1 saturated heterocycles. The fourth-order valence-corrected chi connectivity index (χ4v) is 2.27. The van der Waals surface area contributed by atoms with E-state index in [0.29, 0.717) is 26.3 Å². The van der Waals surface area contributed by atoms with Crippen molar-refractivity contribution in [2.75, 3.05) is 26.8 Å². The molecule has 1 aromatic rings. The van der Waals surface area contributed by atoms with E-state index in [1.54, 1.807) is 25.2 Å². The predicted molar refractivity (Wildman–Crippen MR) is 72.5 cm³/mol. The monoisotopic (exact) mass is 278 g/mol. The zero-order valence-electron chi connectivity index (χ0n) is 11.3. The molecule has 1 heterocycles. The molecule has 0 spiro atoms. The van der Waals surface area contributed by atoms with E-state index in [4.69, 9.17) is 9.84 Å². The van der Waals surface area contributed by atoms with Gasteiger partial charge in [0.2, 0.25) is 5.91 Å². The highest BCUT2D eigenvalue weighted by molar-refractivity contribution is 5.87. The molecular formula is C14H18N2O4. The second-order valence-electron chi connectivity index (χ2n) is 4.68. The van der Waals surface area contributed by atoms with Crippen LogP contribution in [0.25, 0.3) is 0 Å². The normalized spacial score (nSPS) is 19.6. The van der Waals surface area contributed by atoms with E-state index in [0.717, 1.165) is 5.56 Å². The molecule has 0 bridgehead atoms. The number of nitrogens with zero attached hydrogens (tertiary/aromatic N) is 1. The minimum absolute atomic E-state index is 0.0842. The average molecular weight is 278 g/mol. The van der Waals surface area contributed by atoms with E-state index in [1.165, 1.54) is 0 Å². The summed E-state index contributed by atoms with van der Waals surface area (Å²) in [6, 6.07) is 6.44.